The number of fused-ring (bicyclic) bond motifs is 1. The number of hydrogen-bond donors (Lipinski definition) is 1. The van der Waals surface area contributed by atoms with Crippen molar-refractivity contribution < 1.29 is 13.6 Å². The number of carbonyl (C=O) groups excluding carboxylic acids is 1. The quantitative estimate of drug-likeness (QED) is 0.554. The predicted octanol–water partition coefficient (Wildman–Crippen LogP) is 2.85. The smallest absolute Gasteiger partial charge is 0.267 e. The van der Waals surface area contributed by atoms with Crippen molar-refractivity contribution in [2.24, 2.45) is 5.10 Å². The van der Waals surface area contributed by atoms with Gasteiger partial charge in [-0.25, -0.2) is 18.9 Å². The van der Waals surface area contributed by atoms with E-state index in [4.69, 9.17) is 0 Å². The summed E-state index contributed by atoms with van der Waals surface area (Å²) in [4.78, 5) is 24.9. The van der Waals surface area contributed by atoms with Crippen LogP contribution in [0.15, 0.2) is 52.4 Å². The molecule has 0 unspecified atom stereocenters. The highest BCUT2D eigenvalue weighted by Gasteiger charge is 2.16. The van der Waals surface area contributed by atoms with Crippen molar-refractivity contribution in [3.8, 4) is 0 Å². The summed E-state index contributed by atoms with van der Waals surface area (Å²) in [5, 5.41) is 8.70. The van der Waals surface area contributed by atoms with Gasteiger partial charge in [-0.3, -0.25) is 9.59 Å². The number of carbonyl (C=O) groups is 1. The predicted molar refractivity (Wildman–Crippen MR) is 97.7 cm³/mol. The van der Waals surface area contributed by atoms with Gasteiger partial charge < -0.3 is 0 Å². The molecule has 0 bridgehead atoms. The number of rotatable bonds is 5. The number of nitrogens with one attached hydrogen (secondary N) is 1. The monoisotopic (exact) mass is 370 g/mol. The largest absolute Gasteiger partial charge is 0.292 e. The summed E-state index contributed by atoms with van der Waals surface area (Å²) in [6, 6.07) is 9.93. The van der Waals surface area contributed by atoms with Gasteiger partial charge in [-0.15, -0.1) is 0 Å². The van der Waals surface area contributed by atoms with Crippen molar-refractivity contribution in [1.82, 2.24) is 15.2 Å². The minimum absolute atomic E-state index is 0.0566. The first kappa shape index (κ1) is 18.4. The molecule has 0 fully saturated rings. The van der Waals surface area contributed by atoms with Crippen molar-refractivity contribution in [1.29, 1.82) is 0 Å². The zero-order valence-corrected chi connectivity index (χ0v) is 14.4. The molecule has 0 spiro atoms. The third-order valence-corrected chi connectivity index (χ3v) is 3.84. The first-order valence-corrected chi connectivity index (χ1v) is 8.29. The summed E-state index contributed by atoms with van der Waals surface area (Å²) in [6.07, 6.45) is 1.87. The molecule has 8 heteroatoms. The normalized spacial score (nSPS) is 11.2. The Kier molecular flexibility index (Phi) is 5.35. The first-order valence-electron chi connectivity index (χ1n) is 8.29. The van der Waals surface area contributed by atoms with E-state index in [0.717, 1.165) is 12.1 Å². The van der Waals surface area contributed by atoms with E-state index in [1.807, 2.05) is 6.92 Å². The third-order valence-electron chi connectivity index (χ3n) is 3.84. The lowest BCUT2D eigenvalue weighted by Gasteiger charge is -2.09. The van der Waals surface area contributed by atoms with Gasteiger partial charge in [-0.2, -0.15) is 10.2 Å². The highest BCUT2D eigenvalue weighted by Crippen LogP contribution is 2.13. The van der Waals surface area contributed by atoms with Crippen LogP contribution in [0.1, 0.15) is 29.4 Å². The zero-order valence-electron chi connectivity index (χ0n) is 14.4. The van der Waals surface area contributed by atoms with Crippen LogP contribution in [0.25, 0.3) is 10.8 Å². The fourth-order valence-corrected chi connectivity index (χ4v) is 2.58. The van der Waals surface area contributed by atoms with Crippen LogP contribution in [0.4, 0.5) is 8.78 Å². The summed E-state index contributed by atoms with van der Waals surface area (Å²) in [7, 11) is 0. The highest BCUT2D eigenvalue weighted by molar-refractivity contribution is 6.04. The molecule has 0 saturated heterocycles. The van der Waals surface area contributed by atoms with Gasteiger partial charge in [0.25, 0.3) is 11.5 Å². The first-order chi connectivity index (χ1) is 13.0. The molecule has 0 atom stereocenters. The Bertz CT molecular complexity index is 1090. The van der Waals surface area contributed by atoms with Crippen LogP contribution >= 0.6 is 0 Å². The summed E-state index contributed by atoms with van der Waals surface area (Å²) in [6.45, 7) is 2.28. The zero-order chi connectivity index (χ0) is 19.4. The van der Waals surface area contributed by atoms with Crippen LogP contribution in [0.5, 0.6) is 0 Å². The van der Waals surface area contributed by atoms with Gasteiger partial charge in [0.2, 0.25) is 0 Å². The Balaban J connectivity index is 1.91. The van der Waals surface area contributed by atoms with Crippen LogP contribution in [0.3, 0.4) is 0 Å². The van der Waals surface area contributed by atoms with E-state index >= 15 is 0 Å². The maximum atomic E-state index is 13.2. The Labute approximate surface area is 153 Å². The van der Waals surface area contributed by atoms with Gasteiger partial charge in [0.05, 0.1) is 11.6 Å². The molecule has 1 aromatic heterocycles. The van der Waals surface area contributed by atoms with Crippen LogP contribution < -0.4 is 11.0 Å². The van der Waals surface area contributed by atoms with Crippen LogP contribution in [0.2, 0.25) is 0 Å². The maximum Gasteiger partial charge on any atom is 0.292 e. The van der Waals surface area contributed by atoms with Crippen LogP contribution in [0, 0.1) is 11.6 Å². The summed E-state index contributed by atoms with van der Waals surface area (Å²) in [5.74, 6) is -2.59. The molecule has 3 aromatic rings. The average molecular weight is 370 g/mol. The van der Waals surface area contributed by atoms with E-state index in [-0.39, 0.29) is 16.8 Å². The number of hydrogen-bond acceptors (Lipinski definition) is 4. The fourth-order valence-electron chi connectivity index (χ4n) is 2.58. The molecule has 0 aliphatic heterocycles. The van der Waals surface area contributed by atoms with E-state index in [9.17, 15) is 18.4 Å². The molecule has 138 valence electrons. The van der Waals surface area contributed by atoms with Gasteiger partial charge in [-0.1, -0.05) is 31.2 Å². The van der Waals surface area contributed by atoms with Crippen molar-refractivity contribution in [3.05, 3.63) is 75.7 Å². The topological polar surface area (TPSA) is 76.3 Å². The van der Waals surface area contributed by atoms with Crippen molar-refractivity contribution >= 4 is 22.9 Å². The number of nitrogens with zero attached hydrogens (tertiary/aromatic N) is 3. The standard InChI is InChI=1S/C19H16F2N4O2/c1-2-9-25-19(27)14-6-4-3-5-13(14)17(24-25)18(26)23-22-11-12-7-8-15(20)16(21)10-12/h3-8,10-11H,2,9H2,1H3,(H,23,26)/b22-11-. The molecular formula is C19H16F2N4O2. The van der Waals surface area contributed by atoms with Gasteiger partial charge >= 0.3 is 0 Å². The molecule has 1 N–H and O–H groups in total. The number of halogens is 2. The Hall–Kier alpha value is -3.42. The second-order valence-electron chi connectivity index (χ2n) is 5.80. The second kappa shape index (κ2) is 7.86. The third kappa shape index (κ3) is 3.89. The lowest BCUT2D eigenvalue weighted by atomic mass is 10.1. The molecule has 6 nitrogen and oxygen atoms in total. The molecule has 0 aliphatic carbocycles. The van der Waals surface area contributed by atoms with Crippen molar-refractivity contribution in [2.75, 3.05) is 0 Å². The number of aryl methyl sites for hydroxylation is 1. The summed E-state index contributed by atoms with van der Waals surface area (Å²) < 4.78 is 27.4. The van der Waals surface area contributed by atoms with Gasteiger partial charge in [0.1, 0.15) is 0 Å². The summed E-state index contributed by atoms with van der Waals surface area (Å²) >= 11 is 0. The fraction of sp³-hybridized carbons (Fsp3) is 0.158. The van der Waals surface area contributed by atoms with E-state index < -0.39 is 17.5 Å². The molecule has 0 radical (unpaired) electrons. The van der Waals surface area contributed by atoms with Crippen LogP contribution in [-0.2, 0) is 6.54 Å². The Morgan fingerprint density at radius 3 is 2.63 bits per heavy atom. The van der Waals surface area contributed by atoms with E-state index in [1.54, 1.807) is 24.3 Å². The minimum Gasteiger partial charge on any atom is -0.267 e. The average Bonchev–Trinajstić information content (AvgIpc) is 2.67. The molecule has 1 heterocycles. The maximum absolute atomic E-state index is 13.2. The van der Waals surface area contributed by atoms with Crippen LogP contribution in [-0.4, -0.2) is 21.9 Å². The molecule has 0 saturated carbocycles. The number of amides is 1. The minimum atomic E-state index is -1.01. The molecular weight excluding hydrogens is 354 g/mol. The van der Waals surface area contributed by atoms with E-state index in [2.05, 4.69) is 15.6 Å². The lowest BCUT2D eigenvalue weighted by Crippen LogP contribution is -2.29. The number of aromatic nitrogens is 2. The van der Waals surface area contributed by atoms with Gasteiger partial charge in [-0.05, 0) is 30.2 Å². The lowest BCUT2D eigenvalue weighted by molar-refractivity contribution is 0.0949. The van der Waals surface area contributed by atoms with Crippen molar-refractivity contribution in [2.45, 2.75) is 19.9 Å². The SMILES string of the molecule is CCCn1nc(C(=O)N/N=C\c2ccc(F)c(F)c2)c2ccccc2c1=O. The van der Waals surface area contributed by atoms with E-state index in [1.165, 1.54) is 17.0 Å². The highest BCUT2D eigenvalue weighted by atomic mass is 19.2. The Morgan fingerprint density at radius 1 is 1.19 bits per heavy atom. The molecule has 27 heavy (non-hydrogen) atoms. The summed E-state index contributed by atoms with van der Waals surface area (Å²) in [5.41, 5.74) is 2.37. The van der Waals surface area contributed by atoms with Crippen molar-refractivity contribution in [3.63, 3.8) is 0 Å². The van der Waals surface area contributed by atoms with E-state index in [0.29, 0.717) is 23.7 Å². The number of benzene rings is 2. The van der Waals surface area contributed by atoms with Gasteiger partial charge in [0, 0.05) is 11.9 Å². The molecule has 2 aromatic carbocycles. The number of hydrazone groups is 1. The molecule has 1 amide bonds. The second-order valence-corrected chi connectivity index (χ2v) is 5.80. The molecule has 3 rings (SSSR count). The molecule has 0 aliphatic rings. The Morgan fingerprint density at radius 2 is 1.93 bits per heavy atom. The van der Waals surface area contributed by atoms with Gasteiger partial charge in [0.15, 0.2) is 17.3 Å².